The van der Waals surface area contributed by atoms with Crippen LogP contribution < -0.4 is 5.32 Å². The van der Waals surface area contributed by atoms with Crippen molar-refractivity contribution < 1.29 is 9.84 Å². The summed E-state index contributed by atoms with van der Waals surface area (Å²) in [4.78, 5) is 0. The Hall–Kier alpha value is -1.36. The number of para-hydroxylation sites is 1. The molecule has 0 aliphatic carbocycles. The van der Waals surface area contributed by atoms with Crippen molar-refractivity contribution in [3.8, 4) is 0 Å². The van der Waals surface area contributed by atoms with Gasteiger partial charge < -0.3 is 19.7 Å². The lowest BCUT2D eigenvalue weighted by Crippen LogP contribution is -2.45. The van der Waals surface area contributed by atoms with E-state index in [9.17, 15) is 5.11 Å². The number of aliphatic hydroxyl groups is 1. The summed E-state index contributed by atoms with van der Waals surface area (Å²) in [5.74, 6) is 0. The highest BCUT2D eigenvalue weighted by atomic mass is 16.5. The van der Waals surface area contributed by atoms with Gasteiger partial charge in [0.1, 0.15) is 5.60 Å². The molecule has 1 fully saturated rings. The van der Waals surface area contributed by atoms with E-state index in [-0.39, 0.29) is 6.10 Å². The first kappa shape index (κ1) is 14.6. The molecule has 0 spiro atoms. The maximum atomic E-state index is 10.5. The second-order valence-corrected chi connectivity index (χ2v) is 6.12. The predicted molar refractivity (Wildman–Crippen MR) is 84.3 cm³/mol. The molecule has 2 unspecified atom stereocenters. The van der Waals surface area contributed by atoms with Crippen molar-refractivity contribution >= 4 is 10.9 Å². The van der Waals surface area contributed by atoms with Crippen molar-refractivity contribution in [3.63, 3.8) is 0 Å². The van der Waals surface area contributed by atoms with Gasteiger partial charge in [-0.05, 0) is 25.5 Å². The molecule has 0 saturated carbocycles. The van der Waals surface area contributed by atoms with Crippen LogP contribution in [0, 0.1) is 6.92 Å². The number of nitrogens with zero attached hydrogens (tertiary/aromatic N) is 1. The lowest BCUT2D eigenvalue weighted by Gasteiger charge is -2.26. The van der Waals surface area contributed by atoms with Gasteiger partial charge in [-0.1, -0.05) is 18.2 Å². The van der Waals surface area contributed by atoms with Crippen molar-refractivity contribution in [1.82, 2.24) is 9.88 Å². The number of benzene rings is 1. The third-order valence-corrected chi connectivity index (χ3v) is 4.89. The van der Waals surface area contributed by atoms with Gasteiger partial charge in [0.05, 0.1) is 6.10 Å². The maximum Gasteiger partial charge on any atom is 0.105 e. The number of nitrogens with one attached hydrogen (secondary N) is 1. The van der Waals surface area contributed by atoms with E-state index in [1.807, 2.05) is 6.92 Å². The standard InChI is InChI=1S/C17H24N2O2/c1-12-14-6-4-5-7-15(14)19(3)16(12)10-18-11-17(20)8-9-21-13(17)2/h4-7,13,18,20H,8-11H2,1-3H3. The number of aryl methyl sites for hydroxylation is 2. The molecule has 1 aromatic heterocycles. The van der Waals surface area contributed by atoms with Crippen LogP contribution in [0.1, 0.15) is 24.6 Å². The van der Waals surface area contributed by atoms with Crippen molar-refractivity contribution in [2.45, 2.75) is 38.5 Å². The predicted octanol–water partition coefficient (Wildman–Crippen LogP) is 2.12. The lowest BCUT2D eigenvalue weighted by molar-refractivity contribution is -0.0263. The first-order chi connectivity index (χ1) is 10.0. The van der Waals surface area contributed by atoms with Crippen LogP contribution in [-0.4, -0.2) is 34.5 Å². The minimum atomic E-state index is -0.738. The Balaban J connectivity index is 1.74. The van der Waals surface area contributed by atoms with Crippen molar-refractivity contribution in [1.29, 1.82) is 0 Å². The van der Waals surface area contributed by atoms with Crippen LogP contribution >= 0.6 is 0 Å². The molecule has 114 valence electrons. The zero-order valence-electron chi connectivity index (χ0n) is 13.0. The minimum Gasteiger partial charge on any atom is -0.386 e. The first-order valence-electron chi connectivity index (χ1n) is 7.60. The zero-order valence-corrected chi connectivity index (χ0v) is 13.0. The molecule has 21 heavy (non-hydrogen) atoms. The van der Waals surface area contributed by atoms with E-state index in [1.165, 1.54) is 22.2 Å². The van der Waals surface area contributed by atoms with Gasteiger partial charge in [0.25, 0.3) is 0 Å². The van der Waals surface area contributed by atoms with Gasteiger partial charge >= 0.3 is 0 Å². The molecule has 0 amide bonds. The number of ether oxygens (including phenoxy) is 1. The van der Waals surface area contributed by atoms with E-state index < -0.39 is 5.60 Å². The Labute approximate surface area is 125 Å². The highest BCUT2D eigenvalue weighted by Gasteiger charge is 2.39. The average molecular weight is 288 g/mol. The SMILES string of the molecule is Cc1c(CNCC2(O)CCOC2C)n(C)c2ccccc12. The summed E-state index contributed by atoms with van der Waals surface area (Å²) < 4.78 is 7.70. The second kappa shape index (κ2) is 5.44. The molecule has 4 heteroatoms. The summed E-state index contributed by atoms with van der Waals surface area (Å²) in [6.07, 6.45) is 0.605. The van der Waals surface area contributed by atoms with Gasteiger partial charge in [0.15, 0.2) is 0 Å². The van der Waals surface area contributed by atoms with Crippen molar-refractivity contribution in [2.24, 2.45) is 7.05 Å². The zero-order chi connectivity index (χ0) is 15.0. The largest absolute Gasteiger partial charge is 0.386 e. The molecule has 1 aliphatic heterocycles. The maximum absolute atomic E-state index is 10.5. The smallest absolute Gasteiger partial charge is 0.105 e. The Morgan fingerprint density at radius 1 is 1.43 bits per heavy atom. The molecule has 0 bridgehead atoms. The second-order valence-electron chi connectivity index (χ2n) is 6.12. The Morgan fingerprint density at radius 2 is 2.19 bits per heavy atom. The van der Waals surface area contributed by atoms with E-state index in [1.54, 1.807) is 0 Å². The minimum absolute atomic E-state index is 0.0985. The Kier molecular flexibility index (Phi) is 3.78. The van der Waals surface area contributed by atoms with Crippen molar-refractivity contribution in [3.05, 3.63) is 35.5 Å². The number of hydrogen-bond acceptors (Lipinski definition) is 3. The quantitative estimate of drug-likeness (QED) is 0.906. The molecule has 2 aromatic rings. The van der Waals surface area contributed by atoms with Gasteiger partial charge in [-0.3, -0.25) is 0 Å². The van der Waals surface area contributed by atoms with Crippen LogP contribution in [0.25, 0.3) is 10.9 Å². The summed E-state index contributed by atoms with van der Waals surface area (Å²) in [7, 11) is 2.10. The monoisotopic (exact) mass is 288 g/mol. The Bertz CT molecular complexity index is 611. The molecule has 1 aliphatic rings. The molecule has 2 N–H and O–H groups in total. The van der Waals surface area contributed by atoms with E-state index in [2.05, 4.69) is 48.1 Å². The summed E-state index contributed by atoms with van der Waals surface area (Å²) in [5, 5.41) is 15.2. The third kappa shape index (κ3) is 2.48. The van der Waals surface area contributed by atoms with Crippen LogP contribution in [0.5, 0.6) is 0 Å². The van der Waals surface area contributed by atoms with E-state index in [0.29, 0.717) is 19.6 Å². The van der Waals surface area contributed by atoms with E-state index >= 15 is 0 Å². The first-order valence-corrected chi connectivity index (χ1v) is 7.60. The molecular weight excluding hydrogens is 264 g/mol. The van der Waals surface area contributed by atoms with Crippen LogP contribution in [0.15, 0.2) is 24.3 Å². The van der Waals surface area contributed by atoms with Crippen molar-refractivity contribution in [2.75, 3.05) is 13.2 Å². The van der Waals surface area contributed by atoms with Crippen LogP contribution in [-0.2, 0) is 18.3 Å². The molecule has 1 aromatic carbocycles. The molecular formula is C17H24N2O2. The topological polar surface area (TPSA) is 46.4 Å². The molecule has 0 radical (unpaired) electrons. The van der Waals surface area contributed by atoms with Crippen LogP contribution in [0.3, 0.4) is 0 Å². The number of aromatic nitrogens is 1. The fraction of sp³-hybridized carbons (Fsp3) is 0.529. The van der Waals surface area contributed by atoms with E-state index in [0.717, 1.165) is 6.54 Å². The summed E-state index contributed by atoms with van der Waals surface area (Å²) >= 11 is 0. The summed E-state index contributed by atoms with van der Waals surface area (Å²) in [6, 6.07) is 8.45. The molecule has 2 atom stereocenters. The van der Waals surface area contributed by atoms with Gasteiger partial charge in [0, 0.05) is 49.8 Å². The van der Waals surface area contributed by atoms with Gasteiger partial charge in [0.2, 0.25) is 0 Å². The number of hydrogen-bond donors (Lipinski definition) is 2. The molecule has 1 saturated heterocycles. The van der Waals surface area contributed by atoms with Crippen LogP contribution in [0.4, 0.5) is 0 Å². The fourth-order valence-electron chi connectivity index (χ4n) is 3.29. The molecule has 4 nitrogen and oxygen atoms in total. The highest BCUT2D eigenvalue weighted by molar-refractivity contribution is 5.85. The third-order valence-electron chi connectivity index (χ3n) is 4.89. The molecule has 3 rings (SSSR count). The van der Waals surface area contributed by atoms with Gasteiger partial charge in [-0.15, -0.1) is 0 Å². The Morgan fingerprint density at radius 3 is 2.86 bits per heavy atom. The highest BCUT2D eigenvalue weighted by Crippen LogP contribution is 2.26. The fourth-order valence-corrected chi connectivity index (χ4v) is 3.29. The van der Waals surface area contributed by atoms with Gasteiger partial charge in [-0.25, -0.2) is 0 Å². The number of fused-ring (bicyclic) bond motifs is 1. The normalized spacial score (nSPS) is 25.8. The van der Waals surface area contributed by atoms with Gasteiger partial charge in [-0.2, -0.15) is 0 Å². The lowest BCUT2D eigenvalue weighted by atomic mass is 9.97. The summed E-state index contributed by atoms with van der Waals surface area (Å²) in [5.41, 5.74) is 3.09. The average Bonchev–Trinajstić information content (AvgIpc) is 2.93. The van der Waals surface area contributed by atoms with E-state index in [4.69, 9.17) is 4.74 Å². The van der Waals surface area contributed by atoms with Crippen LogP contribution in [0.2, 0.25) is 0 Å². The summed E-state index contributed by atoms with van der Waals surface area (Å²) in [6.45, 7) is 6.07. The number of rotatable bonds is 4. The molecule has 2 heterocycles.